The highest BCUT2D eigenvalue weighted by Crippen LogP contribution is 2.19. The lowest BCUT2D eigenvalue weighted by Gasteiger charge is -2.11. The topological polar surface area (TPSA) is 78.4 Å². The maximum atomic E-state index is 11.6. The molecule has 1 amide bonds. The Bertz CT molecular complexity index is 557. The summed E-state index contributed by atoms with van der Waals surface area (Å²) in [5, 5.41) is 10.6. The summed E-state index contributed by atoms with van der Waals surface area (Å²) >= 11 is 1.69. The van der Waals surface area contributed by atoms with Gasteiger partial charge in [0, 0.05) is 30.4 Å². The van der Waals surface area contributed by atoms with E-state index in [-0.39, 0.29) is 29.9 Å². The molecule has 1 aromatic heterocycles. The fourth-order valence-electron chi connectivity index (χ4n) is 2.20. The number of aryl methyl sites for hydroxylation is 2. The Balaban J connectivity index is 0.00000288. The molecule has 1 aliphatic rings. The lowest BCUT2D eigenvalue weighted by Crippen LogP contribution is -2.38. The minimum Gasteiger partial charge on any atom is -0.357 e. The molecule has 6 nitrogen and oxygen atoms in total. The van der Waals surface area contributed by atoms with Crippen LogP contribution >= 0.6 is 35.3 Å². The van der Waals surface area contributed by atoms with Crippen LogP contribution in [-0.2, 0) is 11.3 Å². The first-order valence-electron chi connectivity index (χ1n) is 8.33. The van der Waals surface area contributed by atoms with Crippen LogP contribution in [0, 0.1) is 13.8 Å². The largest absolute Gasteiger partial charge is 0.357 e. The van der Waals surface area contributed by atoms with Crippen LogP contribution in [0.2, 0.25) is 0 Å². The lowest BCUT2D eigenvalue weighted by atomic mass is 10.3. The normalized spacial score (nSPS) is 14.0. The zero-order valence-corrected chi connectivity index (χ0v) is 17.8. The first-order chi connectivity index (χ1) is 11.1. The Morgan fingerprint density at radius 2 is 2.08 bits per heavy atom. The quantitative estimate of drug-likeness (QED) is 0.239. The van der Waals surface area contributed by atoms with Crippen molar-refractivity contribution in [3.8, 4) is 0 Å². The van der Waals surface area contributed by atoms with E-state index < -0.39 is 0 Å². The van der Waals surface area contributed by atoms with Crippen LogP contribution in [0.4, 0.5) is 0 Å². The van der Waals surface area contributed by atoms with Gasteiger partial charge in [0.05, 0.1) is 17.2 Å². The van der Waals surface area contributed by atoms with Gasteiger partial charge in [-0.25, -0.2) is 9.98 Å². The third kappa shape index (κ3) is 7.78. The van der Waals surface area contributed by atoms with Crippen LogP contribution in [-0.4, -0.2) is 36.0 Å². The zero-order valence-electron chi connectivity index (χ0n) is 14.6. The van der Waals surface area contributed by atoms with Gasteiger partial charge in [-0.2, -0.15) is 0 Å². The molecule has 0 unspecified atom stereocenters. The van der Waals surface area contributed by atoms with E-state index in [0.717, 1.165) is 49.0 Å². The summed E-state index contributed by atoms with van der Waals surface area (Å²) in [5.74, 6) is 0.951. The van der Waals surface area contributed by atoms with Crippen LogP contribution in [0.3, 0.4) is 0 Å². The molecular formula is C16H28IN5OS. The van der Waals surface area contributed by atoms with Gasteiger partial charge >= 0.3 is 0 Å². The Hall–Kier alpha value is -0.900. The van der Waals surface area contributed by atoms with Crippen molar-refractivity contribution in [2.75, 3.05) is 13.1 Å². The maximum absolute atomic E-state index is 11.6. The zero-order chi connectivity index (χ0) is 16.7. The molecule has 0 saturated heterocycles. The number of amides is 1. The molecule has 0 aromatic carbocycles. The monoisotopic (exact) mass is 465 g/mol. The van der Waals surface area contributed by atoms with Crippen molar-refractivity contribution in [2.24, 2.45) is 4.99 Å². The number of hydrogen-bond acceptors (Lipinski definition) is 4. The van der Waals surface area contributed by atoms with E-state index in [1.807, 2.05) is 20.8 Å². The molecule has 1 saturated carbocycles. The van der Waals surface area contributed by atoms with Gasteiger partial charge in [-0.3, -0.25) is 4.79 Å². The molecule has 1 heterocycles. The summed E-state index contributed by atoms with van der Waals surface area (Å²) in [6.45, 7) is 8.27. The number of nitrogens with zero attached hydrogens (tertiary/aromatic N) is 2. The van der Waals surface area contributed by atoms with Crippen molar-refractivity contribution in [3.63, 3.8) is 0 Å². The number of halogens is 1. The summed E-state index contributed by atoms with van der Waals surface area (Å²) in [6.07, 6.45) is 3.65. The average molecular weight is 465 g/mol. The number of carbonyl (C=O) groups is 1. The minimum atomic E-state index is 0. The highest BCUT2D eigenvalue weighted by molar-refractivity contribution is 14.0. The summed E-state index contributed by atoms with van der Waals surface area (Å²) in [7, 11) is 0. The molecule has 0 radical (unpaired) electrons. The number of aliphatic imine (C=N–C) groups is 1. The molecule has 1 aromatic rings. The van der Waals surface area contributed by atoms with E-state index in [4.69, 9.17) is 0 Å². The number of carbonyl (C=O) groups excluding carboxylic acids is 1. The van der Waals surface area contributed by atoms with Crippen molar-refractivity contribution < 1.29 is 4.79 Å². The molecule has 8 heteroatoms. The Morgan fingerprint density at radius 1 is 1.33 bits per heavy atom. The SMILES string of the molecule is CCNC(=NCc1sc(C)nc1C)NCCCC(=O)NC1CC1.I. The fraction of sp³-hybridized carbons (Fsp3) is 0.688. The van der Waals surface area contributed by atoms with Gasteiger partial charge in [0.15, 0.2) is 5.96 Å². The maximum Gasteiger partial charge on any atom is 0.220 e. The smallest absolute Gasteiger partial charge is 0.220 e. The highest BCUT2D eigenvalue weighted by Gasteiger charge is 2.22. The Labute approximate surface area is 165 Å². The van der Waals surface area contributed by atoms with Crippen molar-refractivity contribution in [1.29, 1.82) is 0 Å². The number of hydrogen-bond donors (Lipinski definition) is 3. The van der Waals surface area contributed by atoms with Gasteiger partial charge in [-0.05, 0) is 40.0 Å². The lowest BCUT2D eigenvalue weighted by molar-refractivity contribution is -0.121. The molecule has 1 fully saturated rings. The molecule has 3 N–H and O–H groups in total. The standard InChI is InChI=1S/C16H27N5OS.HI/c1-4-17-16(19-10-14-11(2)20-12(3)23-14)18-9-5-6-15(22)21-13-7-8-13;/h13H,4-10H2,1-3H3,(H,21,22)(H2,17,18,19);1H. The van der Waals surface area contributed by atoms with Crippen molar-refractivity contribution in [2.45, 2.75) is 59.0 Å². The Morgan fingerprint density at radius 3 is 2.67 bits per heavy atom. The number of thiazole rings is 1. The van der Waals surface area contributed by atoms with Gasteiger partial charge in [0.2, 0.25) is 5.91 Å². The molecule has 24 heavy (non-hydrogen) atoms. The van der Waals surface area contributed by atoms with E-state index in [0.29, 0.717) is 19.0 Å². The van der Waals surface area contributed by atoms with Crippen molar-refractivity contribution >= 4 is 47.2 Å². The van der Waals surface area contributed by atoms with Crippen molar-refractivity contribution in [1.82, 2.24) is 20.9 Å². The molecule has 0 bridgehead atoms. The number of nitrogens with one attached hydrogen (secondary N) is 3. The summed E-state index contributed by atoms with van der Waals surface area (Å²) in [5.41, 5.74) is 1.06. The molecule has 1 aliphatic carbocycles. The predicted octanol–water partition coefficient (Wildman–Crippen LogP) is 2.49. The predicted molar refractivity (Wildman–Crippen MR) is 110 cm³/mol. The van der Waals surface area contributed by atoms with Gasteiger partial charge in [-0.1, -0.05) is 0 Å². The summed E-state index contributed by atoms with van der Waals surface area (Å²) < 4.78 is 0. The minimum absolute atomic E-state index is 0. The van der Waals surface area contributed by atoms with Crippen LogP contribution in [0.15, 0.2) is 4.99 Å². The summed E-state index contributed by atoms with van der Waals surface area (Å²) in [6, 6.07) is 0.445. The fourth-order valence-corrected chi connectivity index (χ4v) is 3.06. The van der Waals surface area contributed by atoms with E-state index in [9.17, 15) is 4.79 Å². The highest BCUT2D eigenvalue weighted by atomic mass is 127. The van der Waals surface area contributed by atoms with Crippen LogP contribution in [0.1, 0.15) is 48.2 Å². The molecule has 136 valence electrons. The number of guanidine groups is 1. The van der Waals surface area contributed by atoms with Crippen LogP contribution in [0.5, 0.6) is 0 Å². The second kappa shape index (κ2) is 10.9. The third-order valence-electron chi connectivity index (χ3n) is 3.54. The van der Waals surface area contributed by atoms with Crippen molar-refractivity contribution in [3.05, 3.63) is 15.6 Å². The second-order valence-corrected chi connectivity index (χ2v) is 7.10. The van der Waals surface area contributed by atoms with Crippen LogP contribution in [0.25, 0.3) is 0 Å². The van der Waals surface area contributed by atoms with Crippen LogP contribution < -0.4 is 16.0 Å². The molecular weight excluding hydrogens is 437 g/mol. The average Bonchev–Trinajstić information content (AvgIpc) is 3.24. The Kier molecular flexibility index (Phi) is 9.57. The van der Waals surface area contributed by atoms with Gasteiger partial charge in [0.1, 0.15) is 0 Å². The van der Waals surface area contributed by atoms with E-state index in [1.54, 1.807) is 11.3 Å². The summed E-state index contributed by atoms with van der Waals surface area (Å²) in [4.78, 5) is 21.8. The number of rotatable bonds is 8. The van der Waals surface area contributed by atoms with E-state index >= 15 is 0 Å². The molecule has 0 atom stereocenters. The van der Waals surface area contributed by atoms with E-state index in [1.165, 1.54) is 4.88 Å². The number of aromatic nitrogens is 1. The molecule has 2 rings (SSSR count). The van der Waals surface area contributed by atoms with Gasteiger partial charge in [0.25, 0.3) is 0 Å². The first kappa shape index (κ1) is 21.1. The first-order valence-corrected chi connectivity index (χ1v) is 9.14. The second-order valence-electron chi connectivity index (χ2n) is 5.81. The van der Waals surface area contributed by atoms with Gasteiger partial charge < -0.3 is 16.0 Å². The molecule has 0 aliphatic heterocycles. The van der Waals surface area contributed by atoms with Gasteiger partial charge in [-0.15, -0.1) is 35.3 Å². The van der Waals surface area contributed by atoms with E-state index in [2.05, 4.69) is 25.9 Å². The third-order valence-corrected chi connectivity index (χ3v) is 4.60. The molecule has 0 spiro atoms.